The topological polar surface area (TPSA) is 98.4 Å². The van der Waals surface area contributed by atoms with Crippen molar-refractivity contribution in [3.63, 3.8) is 0 Å². The number of aromatic amines is 1. The predicted octanol–water partition coefficient (Wildman–Crippen LogP) is 4.21. The highest BCUT2D eigenvalue weighted by molar-refractivity contribution is 6.17. The first kappa shape index (κ1) is 23.0. The van der Waals surface area contributed by atoms with Gasteiger partial charge in [-0.25, -0.2) is 4.98 Å². The monoisotopic (exact) mass is 493 g/mol. The summed E-state index contributed by atoms with van der Waals surface area (Å²) >= 11 is 0. The standard InChI is InChI=1S/C29H27N5O3/c35-26(30-17-9-1-2-16-25-31-22-13-6-7-14-23(22)32-25)18-33-27-19-10-3-4-11-20(19)29(37)34(27)24-15-8-5-12-21(24)28(33)36/h3-8,10-15,27H,1-2,9,16-18H2,(H,30,35)(H,31,32)/t27-/m1/s1. The van der Waals surface area contributed by atoms with Crippen molar-refractivity contribution in [3.8, 4) is 0 Å². The van der Waals surface area contributed by atoms with Gasteiger partial charge in [0.1, 0.15) is 18.5 Å². The lowest BCUT2D eigenvalue weighted by molar-refractivity contribution is -0.122. The number of rotatable bonds is 8. The molecule has 0 unspecified atom stereocenters. The van der Waals surface area contributed by atoms with Crippen LogP contribution in [0.3, 0.4) is 0 Å². The van der Waals surface area contributed by atoms with Crippen molar-refractivity contribution in [2.24, 2.45) is 0 Å². The Balaban J connectivity index is 1.07. The Bertz CT molecular complexity index is 1480. The van der Waals surface area contributed by atoms with Crippen LogP contribution >= 0.6 is 0 Å². The average molecular weight is 494 g/mol. The van der Waals surface area contributed by atoms with Gasteiger partial charge in [-0.3, -0.25) is 19.3 Å². The molecule has 0 bridgehead atoms. The van der Waals surface area contributed by atoms with E-state index in [0.717, 1.165) is 48.1 Å². The second-order valence-electron chi connectivity index (χ2n) is 9.45. The van der Waals surface area contributed by atoms with Gasteiger partial charge in [0.2, 0.25) is 5.91 Å². The van der Waals surface area contributed by atoms with Gasteiger partial charge in [0.15, 0.2) is 0 Å². The maximum atomic E-state index is 13.4. The van der Waals surface area contributed by atoms with Crippen LogP contribution in [0.5, 0.6) is 0 Å². The van der Waals surface area contributed by atoms with Crippen LogP contribution in [0.25, 0.3) is 11.0 Å². The average Bonchev–Trinajstić information content (AvgIpc) is 3.47. The molecule has 8 nitrogen and oxygen atoms in total. The number of para-hydroxylation sites is 3. The number of H-pyrrole nitrogens is 1. The molecular weight excluding hydrogens is 466 g/mol. The Hall–Kier alpha value is -4.46. The lowest BCUT2D eigenvalue weighted by Gasteiger charge is -2.40. The SMILES string of the molecule is O=C(CN1C(=O)c2ccccc2N2C(=O)c3ccccc3[C@H]12)NCCCCCc1nc2ccccc2[nH]1. The van der Waals surface area contributed by atoms with Crippen LogP contribution in [0.2, 0.25) is 0 Å². The lowest BCUT2D eigenvalue weighted by atomic mass is 10.0. The number of hydrogen-bond donors (Lipinski definition) is 2. The Labute approximate surface area is 214 Å². The minimum Gasteiger partial charge on any atom is -0.355 e. The summed E-state index contributed by atoms with van der Waals surface area (Å²) in [7, 11) is 0. The minimum atomic E-state index is -0.624. The van der Waals surface area contributed by atoms with Crippen LogP contribution in [0.4, 0.5) is 5.69 Å². The van der Waals surface area contributed by atoms with E-state index in [9.17, 15) is 14.4 Å². The number of unbranched alkanes of at least 4 members (excludes halogenated alkanes) is 2. The Kier molecular flexibility index (Phi) is 5.92. The van der Waals surface area contributed by atoms with Gasteiger partial charge in [-0.1, -0.05) is 48.9 Å². The zero-order chi connectivity index (χ0) is 25.4. The molecule has 0 spiro atoms. The molecule has 0 saturated carbocycles. The molecule has 37 heavy (non-hydrogen) atoms. The highest BCUT2D eigenvalue weighted by Gasteiger charge is 2.47. The molecule has 0 saturated heterocycles. The normalized spacial score (nSPS) is 16.1. The van der Waals surface area contributed by atoms with Crippen molar-refractivity contribution in [1.82, 2.24) is 20.2 Å². The van der Waals surface area contributed by atoms with E-state index in [2.05, 4.69) is 15.3 Å². The molecule has 8 heteroatoms. The Morgan fingerprint density at radius 3 is 2.49 bits per heavy atom. The van der Waals surface area contributed by atoms with Gasteiger partial charge in [-0.05, 0) is 43.2 Å². The molecule has 186 valence electrons. The van der Waals surface area contributed by atoms with Crippen molar-refractivity contribution in [3.05, 3.63) is 95.3 Å². The number of aryl methyl sites for hydroxylation is 1. The van der Waals surface area contributed by atoms with Crippen molar-refractivity contribution in [2.45, 2.75) is 31.8 Å². The van der Waals surface area contributed by atoms with Crippen LogP contribution in [-0.4, -0.2) is 45.7 Å². The molecule has 3 heterocycles. The molecule has 0 fully saturated rings. The first-order valence-corrected chi connectivity index (χ1v) is 12.6. The summed E-state index contributed by atoms with van der Waals surface area (Å²) in [5, 5.41) is 2.95. The summed E-state index contributed by atoms with van der Waals surface area (Å²) in [6.45, 7) is 0.413. The Morgan fingerprint density at radius 2 is 1.62 bits per heavy atom. The smallest absolute Gasteiger partial charge is 0.260 e. The molecule has 1 aromatic heterocycles. The fourth-order valence-electron chi connectivity index (χ4n) is 5.29. The largest absolute Gasteiger partial charge is 0.355 e. The molecular formula is C29H27N5O3. The van der Waals surface area contributed by atoms with Gasteiger partial charge in [0, 0.05) is 24.1 Å². The zero-order valence-electron chi connectivity index (χ0n) is 20.3. The van der Waals surface area contributed by atoms with E-state index in [-0.39, 0.29) is 24.3 Å². The number of benzene rings is 3. The number of carbonyl (C=O) groups excluding carboxylic acids is 3. The first-order valence-electron chi connectivity index (χ1n) is 12.6. The maximum Gasteiger partial charge on any atom is 0.260 e. The molecule has 0 radical (unpaired) electrons. The molecule has 6 rings (SSSR count). The molecule has 1 atom stereocenters. The molecule has 3 amide bonds. The van der Waals surface area contributed by atoms with Gasteiger partial charge in [0.05, 0.1) is 22.3 Å². The van der Waals surface area contributed by atoms with E-state index in [1.807, 2.05) is 48.5 Å². The molecule has 3 aromatic carbocycles. The number of fused-ring (bicyclic) bond motifs is 6. The van der Waals surface area contributed by atoms with Crippen LogP contribution in [0.15, 0.2) is 72.8 Å². The number of hydrogen-bond acceptors (Lipinski definition) is 4. The molecule has 2 aliphatic rings. The minimum absolute atomic E-state index is 0.116. The first-order chi connectivity index (χ1) is 18.1. The summed E-state index contributed by atoms with van der Waals surface area (Å²) in [5.41, 5.74) is 4.34. The van der Waals surface area contributed by atoms with Gasteiger partial charge in [0.25, 0.3) is 11.8 Å². The van der Waals surface area contributed by atoms with Gasteiger partial charge < -0.3 is 15.2 Å². The predicted molar refractivity (Wildman–Crippen MR) is 140 cm³/mol. The highest BCUT2D eigenvalue weighted by atomic mass is 16.2. The van der Waals surface area contributed by atoms with Gasteiger partial charge >= 0.3 is 0 Å². The summed E-state index contributed by atoms with van der Waals surface area (Å²) in [6.07, 6.45) is 2.98. The number of imidazole rings is 1. The summed E-state index contributed by atoms with van der Waals surface area (Å²) in [4.78, 5) is 50.6. The number of anilines is 1. The van der Waals surface area contributed by atoms with E-state index >= 15 is 0 Å². The number of aromatic nitrogens is 2. The number of carbonyl (C=O) groups is 3. The number of nitrogens with one attached hydrogen (secondary N) is 2. The molecule has 0 aliphatic carbocycles. The fourth-order valence-corrected chi connectivity index (χ4v) is 5.29. The second kappa shape index (κ2) is 9.54. The van der Waals surface area contributed by atoms with Crippen molar-refractivity contribution in [2.75, 3.05) is 18.0 Å². The van der Waals surface area contributed by atoms with E-state index in [4.69, 9.17) is 0 Å². The lowest BCUT2D eigenvalue weighted by Crippen LogP contribution is -2.51. The van der Waals surface area contributed by atoms with Crippen LogP contribution in [0, 0.1) is 0 Å². The summed E-state index contributed by atoms with van der Waals surface area (Å²) < 4.78 is 0. The molecule has 2 aliphatic heterocycles. The van der Waals surface area contributed by atoms with Crippen LogP contribution < -0.4 is 10.2 Å². The maximum absolute atomic E-state index is 13.4. The second-order valence-corrected chi connectivity index (χ2v) is 9.45. The van der Waals surface area contributed by atoms with Crippen molar-refractivity contribution < 1.29 is 14.4 Å². The van der Waals surface area contributed by atoms with Crippen LogP contribution in [-0.2, 0) is 11.2 Å². The summed E-state index contributed by atoms with van der Waals surface area (Å²) in [6, 6.07) is 22.4. The Morgan fingerprint density at radius 1 is 0.865 bits per heavy atom. The van der Waals surface area contributed by atoms with E-state index in [0.29, 0.717) is 23.4 Å². The van der Waals surface area contributed by atoms with Gasteiger partial charge in [-0.15, -0.1) is 0 Å². The quantitative estimate of drug-likeness (QED) is 0.359. The van der Waals surface area contributed by atoms with Gasteiger partial charge in [-0.2, -0.15) is 0 Å². The van der Waals surface area contributed by atoms with E-state index < -0.39 is 6.17 Å². The van der Waals surface area contributed by atoms with E-state index in [1.165, 1.54) is 4.90 Å². The van der Waals surface area contributed by atoms with Crippen LogP contribution in [0.1, 0.15) is 57.5 Å². The van der Waals surface area contributed by atoms with Crippen molar-refractivity contribution >= 4 is 34.4 Å². The van der Waals surface area contributed by atoms with Crippen molar-refractivity contribution in [1.29, 1.82) is 0 Å². The third kappa shape index (κ3) is 4.14. The summed E-state index contributed by atoms with van der Waals surface area (Å²) in [5.74, 6) is 0.338. The molecule has 4 aromatic rings. The third-order valence-corrected chi connectivity index (χ3v) is 7.05. The fraction of sp³-hybridized carbons (Fsp3) is 0.241. The number of amides is 3. The van der Waals surface area contributed by atoms with E-state index in [1.54, 1.807) is 29.2 Å². The zero-order valence-corrected chi connectivity index (χ0v) is 20.3. The highest BCUT2D eigenvalue weighted by Crippen LogP contribution is 2.44. The molecule has 2 N–H and O–H groups in total. The number of nitrogens with zero attached hydrogens (tertiary/aromatic N) is 3. The third-order valence-electron chi connectivity index (χ3n) is 7.05.